The lowest BCUT2D eigenvalue weighted by molar-refractivity contribution is -0.870. The van der Waals surface area contributed by atoms with Crippen LogP contribution in [0.1, 0.15) is 187 Å². The van der Waals surface area contributed by atoms with E-state index in [4.69, 9.17) is 9.05 Å². The van der Waals surface area contributed by atoms with E-state index in [2.05, 4.69) is 31.3 Å². The zero-order valence-corrected chi connectivity index (χ0v) is 35.0. The summed E-state index contributed by atoms with van der Waals surface area (Å²) in [6.07, 6.45) is 39.5. The number of amides is 1. The summed E-state index contributed by atoms with van der Waals surface area (Å²) in [7, 11) is 1.57. The number of phosphoric acid groups is 1. The van der Waals surface area contributed by atoms with Gasteiger partial charge >= 0.3 is 7.82 Å². The molecule has 0 aliphatic heterocycles. The minimum atomic E-state index is -4.33. The van der Waals surface area contributed by atoms with Crippen molar-refractivity contribution in [2.75, 3.05) is 40.9 Å². The maximum atomic E-state index is 12.8. The Morgan fingerprint density at radius 2 is 1.06 bits per heavy atom. The van der Waals surface area contributed by atoms with Crippen LogP contribution < -0.4 is 5.32 Å². The van der Waals surface area contributed by atoms with Gasteiger partial charge in [-0.25, -0.2) is 4.57 Å². The molecule has 0 aromatic rings. The molecular weight excluding hydrogens is 659 g/mol. The summed E-state index contributed by atoms with van der Waals surface area (Å²) in [5.41, 5.74) is 0. The molecule has 0 saturated heterocycles. The number of hydrogen-bond acceptors (Lipinski definition) is 5. The van der Waals surface area contributed by atoms with E-state index in [1.54, 1.807) is 6.08 Å². The third-order valence-corrected chi connectivity index (χ3v) is 10.4. The minimum absolute atomic E-state index is 0.0608. The number of aliphatic hydroxyl groups is 1. The second-order valence-electron chi connectivity index (χ2n) is 15.7. The lowest BCUT2D eigenvalue weighted by atomic mass is 10.0. The Morgan fingerprint density at radius 1 is 0.647 bits per heavy atom. The van der Waals surface area contributed by atoms with Gasteiger partial charge in [0.1, 0.15) is 13.2 Å². The van der Waals surface area contributed by atoms with Crippen molar-refractivity contribution in [3.8, 4) is 0 Å². The number of aliphatic hydroxyl groups excluding tert-OH is 1. The molecule has 0 spiro atoms. The van der Waals surface area contributed by atoms with Crippen molar-refractivity contribution in [1.82, 2.24) is 5.32 Å². The van der Waals surface area contributed by atoms with Gasteiger partial charge < -0.3 is 19.8 Å². The quantitative estimate of drug-likeness (QED) is 0.0252. The Kier molecular flexibility index (Phi) is 34.0. The molecule has 0 saturated carbocycles. The average molecular weight is 744 g/mol. The first-order valence-electron chi connectivity index (χ1n) is 21.2. The largest absolute Gasteiger partial charge is 0.472 e. The number of quaternary nitrogens is 1. The summed E-state index contributed by atoms with van der Waals surface area (Å²) in [5, 5.41) is 13.8. The van der Waals surface area contributed by atoms with Gasteiger partial charge in [-0.1, -0.05) is 160 Å². The van der Waals surface area contributed by atoms with E-state index < -0.39 is 20.0 Å². The highest BCUT2D eigenvalue weighted by Crippen LogP contribution is 2.43. The van der Waals surface area contributed by atoms with E-state index in [1.165, 1.54) is 116 Å². The Hall–Kier alpha value is -1.02. The molecule has 0 radical (unpaired) electrons. The van der Waals surface area contributed by atoms with E-state index in [1.807, 2.05) is 27.2 Å². The van der Waals surface area contributed by atoms with E-state index >= 15 is 0 Å². The molecule has 0 aromatic heterocycles. The Bertz CT molecular complexity index is 891. The van der Waals surface area contributed by atoms with E-state index in [0.717, 1.165) is 51.4 Å². The second kappa shape index (κ2) is 34.7. The fourth-order valence-electron chi connectivity index (χ4n) is 5.98. The highest BCUT2D eigenvalue weighted by atomic mass is 31.2. The molecule has 0 aliphatic rings. The number of nitrogens with one attached hydrogen (secondary N) is 1. The van der Waals surface area contributed by atoms with Gasteiger partial charge in [-0.2, -0.15) is 0 Å². The monoisotopic (exact) mass is 744 g/mol. The number of carbonyl (C=O) groups is 1. The van der Waals surface area contributed by atoms with Crippen LogP contribution in [0, 0.1) is 0 Å². The summed E-state index contributed by atoms with van der Waals surface area (Å²) in [6.45, 7) is 4.79. The molecule has 0 bridgehead atoms. The van der Waals surface area contributed by atoms with Crippen molar-refractivity contribution in [3.05, 3.63) is 24.3 Å². The van der Waals surface area contributed by atoms with Crippen LogP contribution in [-0.4, -0.2) is 73.4 Å². The van der Waals surface area contributed by atoms with E-state index in [0.29, 0.717) is 17.4 Å². The number of unbranched alkanes of at least 4 members (excludes halogenated alkanes) is 23. The molecule has 0 aliphatic carbocycles. The van der Waals surface area contributed by atoms with Crippen molar-refractivity contribution in [1.29, 1.82) is 0 Å². The standard InChI is InChI=1S/C42H83N2O6P/c1-6-8-10-12-14-16-18-20-22-23-25-27-29-31-33-35-41(45)40(39-50-51(47,48)49-38-37-44(3,4)5)43-42(46)36-34-32-30-28-26-24-21-19-17-15-13-11-9-7-2/h19,21,33,35,40-41,45H,6-18,20,22-32,34,36-39H2,1-5H3,(H-,43,46,47,48)/p+1/b21-19-,35-33+. The third-order valence-electron chi connectivity index (χ3n) is 9.42. The second-order valence-corrected chi connectivity index (χ2v) is 17.2. The Balaban J connectivity index is 4.49. The van der Waals surface area contributed by atoms with Crippen LogP contribution in [0.5, 0.6) is 0 Å². The lowest BCUT2D eigenvalue weighted by Crippen LogP contribution is -2.45. The number of likely N-dealkylation sites (N-methyl/N-ethyl adjacent to an activating group) is 1. The number of allylic oxidation sites excluding steroid dienone is 3. The van der Waals surface area contributed by atoms with Crippen LogP contribution in [0.2, 0.25) is 0 Å². The molecule has 8 nitrogen and oxygen atoms in total. The summed E-state index contributed by atoms with van der Waals surface area (Å²) in [4.78, 5) is 23.0. The maximum Gasteiger partial charge on any atom is 0.472 e. The average Bonchev–Trinajstić information content (AvgIpc) is 3.07. The smallest absolute Gasteiger partial charge is 0.387 e. The number of hydrogen-bond donors (Lipinski definition) is 3. The minimum Gasteiger partial charge on any atom is -0.387 e. The molecule has 0 aromatic carbocycles. The summed E-state index contributed by atoms with van der Waals surface area (Å²) in [6, 6.07) is -0.846. The van der Waals surface area contributed by atoms with Crippen LogP contribution in [0.3, 0.4) is 0 Å². The van der Waals surface area contributed by atoms with Gasteiger partial charge in [0.15, 0.2) is 0 Å². The predicted octanol–water partition coefficient (Wildman–Crippen LogP) is 11.4. The van der Waals surface area contributed by atoms with Gasteiger partial charge in [0.2, 0.25) is 5.91 Å². The third kappa shape index (κ3) is 37.1. The van der Waals surface area contributed by atoms with Gasteiger partial charge in [-0.3, -0.25) is 13.8 Å². The van der Waals surface area contributed by atoms with E-state index in [-0.39, 0.29) is 19.1 Å². The first kappa shape index (κ1) is 50.0. The molecule has 3 N–H and O–H groups in total. The van der Waals surface area contributed by atoms with Crippen LogP contribution in [-0.2, 0) is 18.4 Å². The van der Waals surface area contributed by atoms with Gasteiger partial charge in [0.05, 0.1) is 39.9 Å². The van der Waals surface area contributed by atoms with Crippen molar-refractivity contribution in [2.24, 2.45) is 0 Å². The highest BCUT2D eigenvalue weighted by molar-refractivity contribution is 7.47. The molecule has 9 heteroatoms. The number of nitrogens with zero attached hydrogens (tertiary/aromatic N) is 1. The van der Waals surface area contributed by atoms with Crippen LogP contribution in [0.25, 0.3) is 0 Å². The van der Waals surface area contributed by atoms with Crippen LogP contribution >= 0.6 is 7.82 Å². The molecular formula is C42H84N2O6P+. The van der Waals surface area contributed by atoms with Crippen molar-refractivity contribution in [2.45, 2.75) is 199 Å². The fraction of sp³-hybridized carbons (Fsp3) is 0.881. The number of rotatable bonds is 38. The maximum absolute atomic E-state index is 12.8. The van der Waals surface area contributed by atoms with Crippen LogP contribution in [0.15, 0.2) is 24.3 Å². The number of carbonyl (C=O) groups excluding carboxylic acids is 1. The van der Waals surface area contributed by atoms with Gasteiger partial charge in [0, 0.05) is 6.42 Å². The summed E-state index contributed by atoms with van der Waals surface area (Å²) < 4.78 is 23.5. The predicted molar refractivity (Wildman–Crippen MR) is 217 cm³/mol. The molecule has 302 valence electrons. The fourth-order valence-corrected chi connectivity index (χ4v) is 6.71. The zero-order chi connectivity index (χ0) is 37.9. The highest BCUT2D eigenvalue weighted by Gasteiger charge is 2.27. The van der Waals surface area contributed by atoms with Gasteiger partial charge in [0.25, 0.3) is 0 Å². The Morgan fingerprint density at radius 3 is 1.51 bits per heavy atom. The normalized spacial score (nSPS) is 14.7. The summed E-state index contributed by atoms with van der Waals surface area (Å²) in [5.74, 6) is -0.187. The van der Waals surface area contributed by atoms with Crippen molar-refractivity contribution >= 4 is 13.7 Å². The van der Waals surface area contributed by atoms with Crippen molar-refractivity contribution < 1.29 is 32.9 Å². The molecule has 1 amide bonds. The first-order valence-corrected chi connectivity index (χ1v) is 22.7. The van der Waals surface area contributed by atoms with Crippen LogP contribution in [0.4, 0.5) is 0 Å². The number of phosphoric ester groups is 1. The summed E-state index contributed by atoms with van der Waals surface area (Å²) >= 11 is 0. The van der Waals surface area contributed by atoms with Crippen molar-refractivity contribution in [3.63, 3.8) is 0 Å². The Labute approximate surface area is 315 Å². The molecule has 0 heterocycles. The molecule has 3 atom stereocenters. The SMILES string of the molecule is CCCCCCC/C=C\CCCCCCCC(=O)NC(COP(=O)(O)OCC[N+](C)(C)C)C(O)/C=C/CCCCCCCCCCCCCCC. The molecule has 3 unspecified atom stereocenters. The van der Waals surface area contributed by atoms with Gasteiger partial charge in [-0.05, 0) is 44.9 Å². The first-order chi connectivity index (χ1) is 24.5. The molecule has 0 fully saturated rings. The molecule has 0 rings (SSSR count). The lowest BCUT2D eigenvalue weighted by Gasteiger charge is -2.25. The van der Waals surface area contributed by atoms with E-state index in [9.17, 15) is 19.4 Å². The molecule has 51 heavy (non-hydrogen) atoms. The van der Waals surface area contributed by atoms with Gasteiger partial charge in [-0.15, -0.1) is 0 Å². The topological polar surface area (TPSA) is 105 Å². The zero-order valence-electron chi connectivity index (χ0n) is 34.1.